The minimum Gasteiger partial charge on any atom is -0.304 e. The summed E-state index contributed by atoms with van der Waals surface area (Å²) in [5, 5.41) is 3.34. The van der Waals surface area contributed by atoms with E-state index < -0.39 is 0 Å². The Morgan fingerprint density at radius 2 is 2.11 bits per heavy atom. The number of aryl methyl sites for hydroxylation is 1. The van der Waals surface area contributed by atoms with Gasteiger partial charge in [0.15, 0.2) is 0 Å². The van der Waals surface area contributed by atoms with Crippen LogP contribution in [0.2, 0.25) is 0 Å². The highest BCUT2D eigenvalue weighted by Crippen LogP contribution is 2.24. The predicted molar refractivity (Wildman–Crippen MR) is 76.1 cm³/mol. The van der Waals surface area contributed by atoms with Crippen molar-refractivity contribution in [2.45, 2.75) is 26.4 Å². The maximum absolute atomic E-state index is 13.0. The number of benzene rings is 1. The van der Waals surface area contributed by atoms with Crippen LogP contribution in [-0.4, -0.2) is 9.97 Å². The van der Waals surface area contributed by atoms with Crippen LogP contribution in [0.15, 0.2) is 35.1 Å². The number of nitrogens with zero attached hydrogens (tertiary/aromatic N) is 2. The molecule has 2 rings (SSSR count). The number of halogens is 2. The van der Waals surface area contributed by atoms with Gasteiger partial charge in [-0.25, -0.2) is 4.39 Å². The van der Waals surface area contributed by atoms with Crippen molar-refractivity contribution in [2.75, 3.05) is 0 Å². The summed E-state index contributed by atoms with van der Waals surface area (Å²) in [5.41, 5.74) is 2.80. The third-order valence-electron chi connectivity index (χ3n) is 2.85. The predicted octanol–water partition coefficient (Wildman–Crippen LogP) is 3.54. The Hall–Kier alpha value is -1.33. The zero-order valence-electron chi connectivity index (χ0n) is 10.8. The number of hydrogen-bond donors (Lipinski definition) is 1. The van der Waals surface area contributed by atoms with Crippen LogP contribution in [0.1, 0.15) is 29.9 Å². The van der Waals surface area contributed by atoms with Crippen molar-refractivity contribution < 1.29 is 4.39 Å². The van der Waals surface area contributed by atoms with E-state index in [1.807, 2.05) is 13.8 Å². The van der Waals surface area contributed by atoms with Crippen molar-refractivity contribution in [3.05, 3.63) is 57.8 Å². The molecular formula is C14H15BrFN3. The Morgan fingerprint density at radius 1 is 1.32 bits per heavy atom. The molecule has 0 bridgehead atoms. The van der Waals surface area contributed by atoms with E-state index in [1.54, 1.807) is 18.5 Å². The SMILES string of the molecule is Cc1cnc(CNC(C)c2ccc(F)cc2Br)cn1. The van der Waals surface area contributed by atoms with E-state index in [9.17, 15) is 4.39 Å². The molecule has 0 aliphatic carbocycles. The van der Waals surface area contributed by atoms with E-state index in [0.29, 0.717) is 6.54 Å². The van der Waals surface area contributed by atoms with E-state index in [2.05, 4.69) is 31.2 Å². The Balaban J connectivity index is 2.01. The van der Waals surface area contributed by atoms with Crippen molar-refractivity contribution >= 4 is 15.9 Å². The van der Waals surface area contributed by atoms with E-state index in [0.717, 1.165) is 21.4 Å². The zero-order valence-corrected chi connectivity index (χ0v) is 12.4. The third-order valence-corrected chi connectivity index (χ3v) is 3.54. The van der Waals surface area contributed by atoms with Crippen LogP contribution < -0.4 is 5.32 Å². The standard InChI is InChI=1S/C14H15BrFN3/c1-9-6-19-12(7-17-9)8-18-10(2)13-4-3-11(16)5-14(13)15/h3-7,10,18H,8H2,1-2H3. The summed E-state index contributed by atoms with van der Waals surface area (Å²) in [6, 6.07) is 4.80. The molecule has 1 N–H and O–H groups in total. The Morgan fingerprint density at radius 3 is 2.74 bits per heavy atom. The normalized spacial score (nSPS) is 12.4. The third kappa shape index (κ3) is 3.81. The van der Waals surface area contributed by atoms with Gasteiger partial charge >= 0.3 is 0 Å². The number of nitrogens with one attached hydrogen (secondary N) is 1. The molecule has 0 fully saturated rings. The van der Waals surface area contributed by atoms with Crippen molar-refractivity contribution in [1.82, 2.24) is 15.3 Å². The first-order valence-corrected chi connectivity index (χ1v) is 6.81. The summed E-state index contributed by atoms with van der Waals surface area (Å²) in [6.45, 7) is 4.56. The van der Waals surface area contributed by atoms with Crippen LogP contribution in [0.5, 0.6) is 0 Å². The lowest BCUT2D eigenvalue weighted by atomic mass is 10.1. The van der Waals surface area contributed by atoms with Gasteiger partial charge in [-0.15, -0.1) is 0 Å². The summed E-state index contributed by atoms with van der Waals surface area (Å²) in [7, 11) is 0. The number of hydrogen-bond acceptors (Lipinski definition) is 3. The molecule has 1 heterocycles. The lowest BCUT2D eigenvalue weighted by Gasteiger charge is -2.15. The summed E-state index contributed by atoms with van der Waals surface area (Å²) < 4.78 is 13.8. The molecule has 0 saturated carbocycles. The van der Waals surface area contributed by atoms with Gasteiger partial charge in [0.2, 0.25) is 0 Å². The van der Waals surface area contributed by atoms with Crippen LogP contribution in [0.3, 0.4) is 0 Å². The molecule has 1 unspecified atom stereocenters. The maximum Gasteiger partial charge on any atom is 0.124 e. The highest BCUT2D eigenvalue weighted by Gasteiger charge is 2.10. The Bertz CT molecular complexity index is 557. The van der Waals surface area contributed by atoms with Crippen molar-refractivity contribution in [1.29, 1.82) is 0 Å². The molecular weight excluding hydrogens is 309 g/mol. The quantitative estimate of drug-likeness (QED) is 0.935. The summed E-state index contributed by atoms with van der Waals surface area (Å²) in [6.07, 6.45) is 3.50. The maximum atomic E-state index is 13.0. The van der Waals surface area contributed by atoms with Gasteiger partial charge < -0.3 is 5.32 Å². The fourth-order valence-electron chi connectivity index (χ4n) is 1.73. The van der Waals surface area contributed by atoms with Gasteiger partial charge in [-0.3, -0.25) is 9.97 Å². The molecule has 2 aromatic rings. The molecule has 0 aliphatic heterocycles. The highest BCUT2D eigenvalue weighted by molar-refractivity contribution is 9.10. The number of rotatable bonds is 4. The van der Waals surface area contributed by atoms with Crippen molar-refractivity contribution in [3.63, 3.8) is 0 Å². The van der Waals surface area contributed by atoms with Gasteiger partial charge in [0.05, 0.1) is 11.4 Å². The minimum atomic E-state index is -0.243. The second-order valence-electron chi connectivity index (χ2n) is 4.42. The van der Waals surface area contributed by atoms with E-state index in [4.69, 9.17) is 0 Å². The van der Waals surface area contributed by atoms with Crippen LogP contribution in [0.4, 0.5) is 4.39 Å². The average molecular weight is 324 g/mol. The van der Waals surface area contributed by atoms with Crippen molar-refractivity contribution in [3.8, 4) is 0 Å². The van der Waals surface area contributed by atoms with Crippen LogP contribution >= 0.6 is 15.9 Å². The molecule has 3 nitrogen and oxygen atoms in total. The van der Waals surface area contributed by atoms with Gasteiger partial charge in [0.25, 0.3) is 0 Å². The summed E-state index contributed by atoms with van der Waals surface area (Å²) >= 11 is 3.38. The first-order valence-electron chi connectivity index (χ1n) is 6.02. The van der Waals surface area contributed by atoms with Gasteiger partial charge in [0, 0.05) is 29.5 Å². The summed E-state index contributed by atoms with van der Waals surface area (Å²) in [5.74, 6) is -0.243. The first-order chi connectivity index (χ1) is 9.06. The van der Waals surface area contributed by atoms with E-state index in [1.165, 1.54) is 12.1 Å². The fraction of sp³-hybridized carbons (Fsp3) is 0.286. The van der Waals surface area contributed by atoms with Crippen LogP contribution in [0.25, 0.3) is 0 Å². The van der Waals surface area contributed by atoms with E-state index >= 15 is 0 Å². The lowest BCUT2D eigenvalue weighted by Crippen LogP contribution is -2.19. The lowest BCUT2D eigenvalue weighted by molar-refractivity contribution is 0.561. The molecule has 1 atom stereocenters. The molecule has 19 heavy (non-hydrogen) atoms. The minimum absolute atomic E-state index is 0.0954. The average Bonchev–Trinajstić information content (AvgIpc) is 2.37. The molecule has 5 heteroatoms. The molecule has 0 spiro atoms. The molecule has 0 radical (unpaired) electrons. The van der Waals surface area contributed by atoms with Gasteiger partial charge in [-0.05, 0) is 31.5 Å². The molecule has 0 saturated heterocycles. The monoisotopic (exact) mass is 323 g/mol. The Labute approximate surface area is 120 Å². The van der Waals surface area contributed by atoms with Gasteiger partial charge in [-0.2, -0.15) is 0 Å². The second-order valence-corrected chi connectivity index (χ2v) is 5.27. The smallest absolute Gasteiger partial charge is 0.124 e. The van der Waals surface area contributed by atoms with Crippen molar-refractivity contribution in [2.24, 2.45) is 0 Å². The second kappa shape index (κ2) is 6.21. The summed E-state index contributed by atoms with van der Waals surface area (Å²) in [4.78, 5) is 8.48. The van der Waals surface area contributed by atoms with Gasteiger partial charge in [0.1, 0.15) is 5.82 Å². The topological polar surface area (TPSA) is 37.8 Å². The van der Waals surface area contributed by atoms with Crippen LogP contribution in [-0.2, 0) is 6.54 Å². The van der Waals surface area contributed by atoms with Crippen LogP contribution in [0, 0.1) is 12.7 Å². The number of aromatic nitrogens is 2. The Kier molecular flexibility index (Phi) is 4.61. The zero-order chi connectivity index (χ0) is 13.8. The molecule has 100 valence electrons. The molecule has 0 amide bonds. The molecule has 1 aromatic heterocycles. The van der Waals surface area contributed by atoms with E-state index in [-0.39, 0.29) is 11.9 Å². The first kappa shape index (κ1) is 14.1. The largest absolute Gasteiger partial charge is 0.304 e. The highest BCUT2D eigenvalue weighted by atomic mass is 79.9. The molecule has 0 aliphatic rings. The van der Waals surface area contributed by atoms with Gasteiger partial charge in [-0.1, -0.05) is 22.0 Å². The fourth-order valence-corrected chi connectivity index (χ4v) is 2.43. The molecule has 1 aromatic carbocycles.